The van der Waals surface area contributed by atoms with Gasteiger partial charge in [0, 0.05) is 17.6 Å². The Morgan fingerprint density at radius 2 is 1.96 bits per heavy atom. The molecule has 1 saturated heterocycles. The van der Waals surface area contributed by atoms with Crippen LogP contribution in [0.4, 0.5) is 5.69 Å². The van der Waals surface area contributed by atoms with Gasteiger partial charge in [0.2, 0.25) is 5.91 Å². The van der Waals surface area contributed by atoms with Gasteiger partial charge in [-0.05, 0) is 62.6 Å². The maximum Gasteiger partial charge on any atom is 0.227 e. The van der Waals surface area contributed by atoms with E-state index in [0.717, 1.165) is 42.0 Å². The number of hydrogen-bond donors (Lipinski definition) is 2. The minimum atomic E-state index is 0. The molecular formula is C21H27ClN2O2. The molecule has 1 heterocycles. The molecule has 0 saturated carbocycles. The molecule has 1 amide bonds. The lowest BCUT2D eigenvalue weighted by Gasteiger charge is -2.27. The highest BCUT2D eigenvalue weighted by Gasteiger charge is 2.25. The lowest BCUT2D eigenvalue weighted by atomic mass is 9.92. The molecular weight excluding hydrogens is 348 g/mol. The molecule has 0 radical (unpaired) electrons. The quantitative estimate of drug-likeness (QED) is 0.819. The predicted molar refractivity (Wildman–Crippen MR) is 108 cm³/mol. The second-order valence-electron chi connectivity index (χ2n) is 6.76. The van der Waals surface area contributed by atoms with Crippen molar-refractivity contribution < 1.29 is 9.53 Å². The Hall–Kier alpha value is -2.04. The fourth-order valence-electron chi connectivity index (χ4n) is 3.26. The van der Waals surface area contributed by atoms with Crippen molar-refractivity contribution in [2.45, 2.75) is 39.3 Å². The highest BCUT2D eigenvalue weighted by molar-refractivity contribution is 5.93. The lowest BCUT2D eigenvalue weighted by Crippen LogP contribution is -2.40. The molecule has 26 heavy (non-hydrogen) atoms. The second-order valence-corrected chi connectivity index (χ2v) is 6.76. The number of amides is 1. The van der Waals surface area contributed by atoms with Crippen LogP contribution >= 0.6 is 12.4 Å². The van der Waals surface area contributed by atoms with Gasteiger partial charge in [0.1, 0.15) is 12.4 Å². The Labute approximate surface area is 161 Å². The van der Waals surface area contributed by atoms with E-state index in [2.05, 4.69) is 17.6 Å². The molecule has 0 aromatic heterocycles. The molecule has 5 heteroatoms. The van der Waals surface area contributed by atoms with Gasteiger partial charge in [-0.25, -0.2) is 0 Å². The molecule has 0 aliphatic carbocycles. The number of ether oxygens (including phenoxy) is 1. The summed E-state index contributed by atoms with van der Waals surface area (Å²) < 4.78 is 5.84. The molecule has 2 aromatic carbocycles. The third-order valence-corrected chi connectivity index (χ3v) is 4.84. The van der Waals surface area contributed by atoms with Gasteiger partial charge in [0.15, 0.2) is 0 Å². The second kappa shape index (κ2) is 9.60. The van der Waals surface area contributed by atoms with E-state index in [1.165, 1.54) is 0 Å². The van der Waals surface area contributed by atoms with Crippen LogP contribution < -0.4 is 15.4 Å². The maximum absolute atomic E-state index is 12.6. The number of hydrogen-bond acceptors (Lipinski definition) is 3. The standard InChI is InChI=1S/C21H26N2O2.ClH/c1-15-13-17(11-12-22-15)21(24)23-20-10-6-7-18(16(20)2)14-25-19-8-4-3-5-9-19;/h3-10,15,17,22H,11-14H2,1-2H3,(H,23,24);1H/t15-,17-;/m0./s1. The Kier molecular flexibility index (Phi) is 7.49. The summed E-state index contributed by atoms with van der Waals surface area (Å²) in [5.41, 5.74) is 3.03. The molecule has 1 aliphatic heterocycles. The van der Waals surface area contributed by atoms with E-state index in [9.17, 15) is 4.79 Å². The van der Waals surface area contributed by atoms with Crippen molar-refractivity contribution >= 4 is 24.0 Å². The number of para-hydroxylation sites is 1. The number of anilines is 1. The molecule has 0 spiro atoms. The third-order valence-electron chi connectivity index (χ3n) is 4.84. The van der Waals surface area contributed by atoms with Crippen LogP contribution in [0, 0.1) is 12.8 Å². The van der Waals surface area contributed by atoms with Gasteiger partial charge in [-0.15, -0.1) is 12.4 Å². The monoisotopic (exact) mass is 374 g/mol. The molecule has 3 rings (SSSR count). The van der Waals surface area contributed by atoms with Gasteiger partial charge < -0.3 is 15.4 Å². The van der Waals surface area contributed by atoms with E-state index in [1.807, 2.05) is 55.5 Å². The third kappa shape index (κ3) is 5.23. The highest BCUT2D eigenvalue weighted by atomic mass is 35.5. The summed E-state index contributed by atoms with van der Waals surface area (Å²) in [7, 11) is 0. The van der Waals surface area contributed by atoms with Crippen LogP contribution in [0.3, 0.4) is 0 Å². The average Bonchev–Trinajstić information content (AvgIpc) is 2.63. The van der Waals surface area contributed by atoms with E-state index in [0.29, 0.717) is 12.6 Å². The first-order valence-electron chi connectivity index (χ1n) is 8.94. The van der Waals surface area contributed by atoms with Crippen LogP contribution in [0.15, 0.2) is 48.5 Å². The number of carbonyl (C=O) groups excluding carboxylic acids is 1. The summed E-state index contributed by atoms with van der Waals surface area (Å²) in [6.45, 7) is 5.56. The Bertz CT molecular complexity index is 721. The van der Waals surface area contributed by atoms with E-state index < -0.39 is 0 Å². The molecule has 1 aliphatic rings. The molecule has 1 fully saturated rings. The highest BCUT2D eigenvalue weighted by Crippen LogP contribution is 2.23. The van der Waals surface area contributed by atoms with Crippen molar-refractivity contribution in [2.75, 3.05) is 11.9 Å². The normalized spacial score (nSPS) is 19.3. The van der Waals surface area contributed by atoms with E-state index in [4.69, 9.17) is 4.74 Å². The van der Waals surface area contributed by atoms with Crippen molar-refractivity contribution in [1.82, 2.24) is 5.32 Å². The summed E-state index contributed by atoms with van der Waals surface area (Å²) in [5, 5.41) is 6.50. The molecule has 140 valence electrons. The number of piperidine rings is 1. The molecule has 2 atom stereocenters. The maximum atomic E-state index is 12.6. The van der Waals surface area contributed by atoms with Crippen LogP contribution in [0.25, 0.3) is 0 Å². The molecule has 0 bridgehead atoms. The number of carbonyl (C=O) groups is 1. The first-order valence-corrected chi connectivity index (χ1v) is 8.94. The van der Waals surface area contributed by atoms with Crippen LogP contribution in [-0.2, 0) is 11.4 Å². The van der Waals surface area contributed by atoms with Crippen molar-refractivity contribution in [1.29, 1.82) is 0 Å². The summed E-state index contributed by atoms with van der Waals surface area (Å²) in [5.74, 6) is 1.05. The van der Waals surface area contributed by atoms with E-state index >= 15 is 0 Å². The fourth-order valence-corrected chi connectivity index (χ4v) is 3.26. The van der Waals surface area contributed by atoms with Gasteiger partial charge in [-0.1, -0.05) is 30.3 Å². The van der Waals surface area contributed by atoms with Crippen LogP contribution in [0.2, 0.25) is 0 Å². The van der Waals surface area contributed by atoms with Gasteiger partial charge in [-0.2, -0.15) is 0 Å². The SMILES string of the molecule is Cc1c(COc2ccccc2)cccc1NC(=O)[C@H]1CCN[C@@H](C)C1.Cl. The van der Waals surface area contributed by atoms with Crippen LogP contribution in [-0.4, -0.2) is 18.5 Å². The minimum Gasteiger partial charge on any atom is -0.489 e. The zero-order valence-corrected chi connectivity index (χ0v) is 16.1. The van der Waals surface area contributed by atoms with Crippen molar-refractivity contribution in [2.24, 2.45) is 5.92 Å². The average molecular weight is 375 g/mol. The fraction of sp³-hybridized carbons (Fsp3) is 0.381. The van der Waals surface area contributed by atoms with Gasteiger partial charge in [-0.3, -0.25) is 4.79 Å². The first-order chi connectivity index (χ1) is 12.1. The van der Waals surface area contributed by atoms with Gasteiger partial charge >= 0.3 is 0 Å². The minimum absolute atomic E-state index is 0. The Balaban J connectivity index is 0.00000243. The summed E-state index contributed by atoms with van der Waals surface area (Å²) in [4.78, 5) is 12.6. The Morgan fingerprint density at radius 1 is 1.19 bits per heavy atom. The lowest BCUT2D eigenvalue weighted by molar-refractivity contribution is -0.120. The molecule has 0 unspecified atom stereocenters. The van der Waals surface area contributed by atoms with E-state index in [1.54, 1.807) is 0 Å². The number of rotatable bonds is 5. The first kappa shape index (κ1) is 20.3. The predicted octanol–water partition coefficient (Wildman–Crippen LogP) is 4.32. The topological polar surface area (TPSA) is 50.4 Å². The van der Waals surface area contributed by atoms with Crippen LogP contribution in [0.5, 0.6) is 5.75 Å². The zero-order chi connectivity index (χ0) is 17.6. The van der Waals surface area contributed by atoms with Gasteiger partial charge in [0.05, 0.1) is 0 Å². The van der Waals surface area contributed by atoms with Crippen molar-refractivity contribution in [3.63, 3.8) is 0 Å². The van der Waals surface area contributed by atoms with Crippen molar-refractivity contribution in [3.05, 3.63) is 59.7 Å². The molecule has 2 aromatic rings. The largest absolute Gasteiger partial charge is 0.489 e. The van der Waals surface area contributed by atoms with Crippen LogP contribution in [0.1, 0.15) is 30.9 Å². The number of halogens is 1. The smallest absolute Gasteiger partial charge is 0.227 e. The summed E-state index contributed by atoms with van der Waals surface area (Å²) in [6, 6.07) is 16.1. The Morgan fingerprint density at radius 3 is 2.69 bits per heavy atom. The number of nitrogens with one attached hydrogen (secondary N) is 2. The summed E-state index contributed by atoms with van der Waals surface area (Å²) in [6.07, 6.45) is 1.79. The molecule has 2 N–H and O–H groups in total. The molecule has 4 nitrogen and oxygen atoms in total. The summed E-state index contributed by atoms with van der Waals surface area (Å²) >= 11 is 0. The van der Waals surface area contributed by atoms with Gasteiger partial charge in [0.25, 0.3) is 0 Å². The van der Waals surface area contributed by atoms with E-state index in [-0.39, 0.29) is 24.2 Å². The van der Waals surface area contributed by atoms with Crippen molar-refractivity contribution in [3.8, 4) is 5.75 Å². The number of benzene rings is 2. The zero-order valence-electron chi connectivity index (χ0n) is 15.3.